The second kappa shape index (κ2) is 8.94. The van der Waals surface area contributed by atoms with Gasteiger partial charge in [0.2, 0.25) is 0 Å². The Balaban J connectivity index is 0.00000256. The summed E-state index contributed by atoms with van der Waals surface area (Å²) in [6.45, 7) is 6.94. The van der Waals surface area contributed by atoms with Crippen molar-refractivity contribution in [3.8, 4) is 6.07 Å². The van der Waals surface area contributed by atoms with E-state index < -0.39 is 6.10 Å². The first-order valence-electron chi connectivity index (χ1n) is 11.5. The Morgan fingerprint density at radius 1 is 1.23 bits per heavy atom. The van der Waals surface area contributed by atoms with Gasteiger partial charge in [-0.05, 0) is 74.0 Å². The number of ketones is 2. The molecule has 0 unspecified atom stereocenters. The number of fused-ring (bicyclic) bond motifs is 5. The maximum absolute atomic E-state index is 13.6. The zero-order chi connectivity index (χ0) is 21.0. The molecule has 0 aromatic rings. The first-order chi connectivity index (χ1) is 13.8. The van der Waals surface area contributed by atoms with Crippen LogP contribution in [-0.4, -0.2) is 65.0 Å². The van der Waals surface area contributed by atoms with Crippen LogP contribution in [0.1, 0.15) is 72.1 Å². The van der Waals surface area contributed by atoms with Gasteiger partial charge in [-0.1, -0.05) is 13.8 Å². The van der Waals surface area contributed by atoms with E-state index in [1.807, 2.05) is 13.0 Å². The van der Waals surface area contributed by atoms with E-state index in [0.717, 1.165) is 38.5 Å². The molecule has 1 radical (unpaired) electrons. The molecule has 161 valence electrons. The van der Waals surface area contributed by atoms with Gasteiger partial charge in [0.15, 0.2) is 5.78 Å². The number of carbonyl (C=O) groups is 2. The van der Waals surface area contributed by atoms with Gasteiger partial charge in [-0.2, -0.15) is 5.26 Å². The molecule has 0 aromatic heterocycles. The molecule has 0 aromatic carbocycles. The standard InChI is InChI=1S/C24H35NO4.Na/c1-4-29-21-13-23(2)14(11-19(21)27)5-6-15-16-7-8-17(18(26)9-10-25)24(16,3)12-20(28)22(15)23;/h14-17,19,21-22,27H,4-9,11-13H2,1-3H3;/t14-,15-,16-,17+,19-,21-,22+,23-,24-;/m0./s1. The Hall–Kier alpha value is -0.250. The van der Waals surface area contributed by atoms with Crippen LogP contribution in [0.4, 0.5) is 0 Å². The molecule has 5 nitrogen and oxygen atoms in total. The SMILES string of the molecule is CCO[C@H]1C[C@@]2(C)[C@@H](CC[C@H]3[C@@H]4CC[C@H](C(=O)CC#N)[C@@]4(C)CC(=O)[C@@H]32)C[C@@H]1O.[Na]. The van der Waals surface area contributed by atoms with E-state index in [1.165, 1.54) is 0 Å². The van der Waals surface area contributed by atoms with Crippen molar-refractivity contribution in [2.45, 2.75) is 84.3 Å². The van der Waals surface area contributed by atoms with E-state index in [2.05, 4.69) is 13.8 Å². The van der Waals surface area contributed by atoms with Crippen LogP contribution in [0.15, 0.2) is 0 Å². The summed E-state index contributed by atoms with van der Waals surface area (Å²) in [7, 11) is 0. The molecule has 0 saturated heterocycles. The van der Waals surface area contributed by atoms with E-state index in [1.54, 1.807) is 0 Å². The van der Waals surface area contributed by atoms with Crippen molar-refractivity contribution in [3.05, 3.63) is 0 Å². The third-order valence-electron chi connectivity index (χ3n) is 9.37. The molecular weight excluding hydrogens is 389 g/mol. The fourth-order valence-corrected chi connectivity index (χ4v) is 8.19. The number of ether oxygens (including phenoxy) is 1. The molecule has 4 saturated carbocycles. The van der Waals surface area contributed by atoms with E-state index in [0.29, 0.717) is 36.6 Å². The number of nitriles is 1. The molecule has 4 aliphatic carbocycles. The van der Waals surface area contributed by atoms with Crippen LogP contribution in [0.25, 0.3) is 0 Å². The maximum atomic E-state index is 13.6. The zero-order valence-corrected chi connectivity index (χ0v) is 21.0. The van der Waals surface area contributed by atoms with Gasteiger partial charge < -0.3 is 9.84 Å². The third kappa shape index (κ3) is 3.65. The van der Waals surface area contributed by atoms with E-state index >= 15 is 0 Å². The van der Waals surface area contributed by atoms with Crippen LogP contribution in [-0.2, 0) is 14.3 Å². The summed E-state index contributed by atoms with van der Waals surface area (Å²) < 4.78 is 5.87. The van der Waals surface area contributed by atoms with Gasteiger partial charge in [-0.3, -0.25) is 9.59 Å². The fraction of sp³-hybridized carbons (Fsp3) is 0.875. The summed E-state index contributed by atoms with van der Waals surface area (Å²) in [5, 5.41) is 19.6. The molecule has 1 N–H and O–H groups in total. The predicted octanol–water partition coefficient (Wildman–Crippen LogP) is 3.30. The first-order valence-corrected chi connectivity index (χ1v) is 11.5. The summed E-state index contributed by atoms with van der Waals surface area (Å²) in [6.07, 6.45) is 5.15. The van der Waals surface area contributed by atoms with Gasteiger partial charge in [0.1, 0.15) is 5.78 Å². The summed E-state index contributed by atoms with van der Waals surface area (Å²) in [5.74, 6) is 1.27. The zero-order valence-electron chi connectivity index (χ0n) is 19.0. The van der Waals surface area contributed by atoms with Gasteiger partial charge in [-0.25, -0.2) is 0 Å². The Morgan fingerprint density at radius 3 is 2.63 bits per heavy atom. The second-order valence-corrected chi connectivity index (χ2v) is 10.6. The summed E-state index contributed by atoms with van der Waals surface area (Å²) in [4.78, 5) is 26.3. The fourth-order valence-electron chi connectivity index (χ4n) is 8.19. The molecule has 9 atom stereocenters. The van der Waals surface area contributed by atoms with Gasteiger partial charge in [0.25, 0.3) is 0 Å². The average Bonchev–Trinajstić information content (AvgIpc) is 2.99. The number of aliphatic hydroxyl groups excluding tert-OH is 1. The quantitative estimate of drug-likeness (QED) is 0.700. The molecule has 0 bridgehead atoms. The van der Waals surface area contributed by atoms with Crippen LogP contribution in [0.3, 0.4) is 0 Å². The molecular formula is C24H35NNaO4. The number of hydrogen-bond acceptors (Lipinski definition) is 5. The molecule has 4 aliphatic rings. The van der Waals surface area contributed by atoms with Crippen molar-refractivity contribution in [1.82, 2.24) is 0 Å². The van der Waals surface area contributed by atoms with Crippen LogP contribution >= 0.6 is 0 Å². The summed E-state index contributed by atoms with van der Waals surface area (Å²) in [6, 6.07) is 2.02. The Morgan fingerprint density at radius 2 is 1.97 bits per heavy atom. The number of carbonyl (C=O) groups excluding carboxylic acids is 2. The van der Waals surface area contributed by atoms with Crippen molar-refractivity contribution >= 4 is 41.1 Å². The number of Topliss-reactive ketones (excluding diaryl/α,β-unsaturated/α-hetero) is 2. The molecule has 4 fully saturated rings. The molecule has 30 heavy (non-hydrogen) atoms. The molecule has 0 amide bonds. The molecule has 4 rings (SSSR count). The van der Waals surface area contributed by atoms with Crippen LogP contribution in [0.2, 0.25) is 0 Å². The minimum Gasteiger partial charge on any atom is -0.390 e. The van der Waals surface area contributed by atoms with Crippen LogP contribution in [0, 0.1) is 51.8 Å². The summed E-state index contributed by atoms with van der Waals surface area (Å²) in [5.41, 5.74) is -0.419. The smallest absolute Gasteiger partial charge is 0.150 e. The molecule has 0 spiro atoms. The van der Waals surface area contributed by atoms with Crippen molar-refractivity contribution in [2.75, 3.05) is 6.61 Å². The third-order valence-corrected chi connectivity index (χ3v) is 9.37. The van der Waals surface area contributed by atoms with E-state index in [4.69, 9.17) is 10.00 Å². The molecule has 6 heteroatoms. The minimum absolute atomic E-state index is 0. The topological polar surface area (TPSA) is 87.4 Å². The summed E-state index contributed by atoms with van der Waals surface area (Å²) >= 11 is 0. The molecule has 0 aliphatic heterocycles. The predicted molar refractivity (Wildman–Crippen MR) is 113 cm³/mol. The maximum Gasteiger partial charge on any atom is 0.150 e. The van der Waals surface area contributed by atoms with Crippen LogP contribution < -0.4 is 0 Å². The monoisotopic (exact) mass is 424 g/mol. The number of rotatable bonds is 4. The van der Waals surface area contributed by atoms with Crippen LogP contribution in [0.5, 0.6) is 0 Å². The minimum atomic E-state index is -0.437. The largest absolute Gasteiger partial charge is 0.390 e. The van der Waals surface area contributed by atoms with Gasteiger partial charge in [0, 0.05) is 54.4 Å². The number of nitrogens with zero attached hydrogens (tertiary/aromatic N) is 1. The Bertz CT molecular complexity index is 735. The molecule has 0 heterocycles. The van der Waals surface area contributed by atoms with E-state index in [-0.39, 0.29) is 70.5 Å². The van der Waals surface area contributed by atoms with Gasteiger partial charge in [-0.15, -0.1) is 0 Å². The second-order valence-electron chi connectivity index (χ2n) is 10.6. The first kappa shape index (κ1) is 24.4. The van der Waals surface area contributed by atoms with Crippen molar-refractivity contribution in [3.63, 3.8) is 0 Å². The Kier molecular flexibility index (Phi) is 7.27. The van der Waals surface area contributed by atoms with Gasteiger partial charge >= 0.3 is 0 Å². The number of aliphatic hydroxyl groups is 1. The Labute approximate surface area is 202 Å². The number of hydrogen-bond donors (Lipinski definition) is 1. The van der Waals surface area contributed by atoms with Crippen molar-refractivity contribution in [1.29, 1.82) is 5.26 Å². The van der Waals surface area contributed by atoms with Gasteiger partial charge in [0.05, 0.1) is 24.7 Å². The average molecular weight is 425 g/mol. The normalized spacial score (nSPS) is 47.3. The van der Waals surface area contributed by atoms with Crippen molar-refractivity contribution in [2.24, 2.45) is 40.4 Å². The van der Waals surface area contributed by atoms with E-state index in [9.17, 15) is 14.7 Å². The van der Waals surface area contributed by atoms with Crippen molar-refractivity contribution < 1.29 is 19.4 Å².